The molecule has 1 aliphatic heterocycles. The maximum atomic E-state index is 11.1. The largest absolute Gasteiger partial charge is 0.464 e. The van der Waals surface area contributed by atoms with Gasteiger partial charge in [0, 0.05) is 19.6 Å². The van der Waals surface area contributed by atoms with E-state index >= 15 is 0 Å². The van der Waals surface area contributed by atoms with Gasteiger partial charge in [0.2, 0.25) is 0 Å². The fraction of sp³-hybridized carbons (Fsp3) is 0.929. The third-order valence-corrected chi connectivity index (χ3v) is 2.84. The Bertz CT molecular complexity index is 286. The van der Waals surface area contributed by atoms with Crippen LogP contribution in [0.2, 0.25) is 0 Å². The van der Waals surface area contributed by atoms with Gasteiger partial charge in [-0.25, -0.2) is 4.79 Å². The molecule has 0 aromatic heterocycles. The molecule has 1 saturated heterocycles. The second-order valence-electron chi connectivity index (χ2n) is 6.19. The van der Waals surface area contributed by atoms with E-state index in [1.165, 1.54) is 0 Å². The average Bonchev–Trinajstić information content (AvgIpc) is 2.20. The van der Waals surface area contributed by atoms with Crippen molar-refractivity contribution in [1.82, 2.24) is 4.90 Å². The lowest BCUT2D eigenvalue weighted by atomic mass is 9.99. The van der Waals surface area contributed by atoms with Gasteiger partial charge in [-0.05, 0) is 34.6 Å². The number of carbonyl (C=O) groups excluding carboxylic acids is 1. The molecule has 0 aromatic carbocycles. The number of hydrogen-bond acceptors (Lipinski definition) is 5. The third kappa shape index (κ3) is 6.36. The molecule has 0 N–H and O–H groups in total. The topological polar surface area (TPSA) is 48.0 Å². The summed E-state index contributed by atoms with van der Waals surface area (Å²) in [6, 6.07) is 0. The normalized spacial score (nSPS) is 22.2. The minimum atomic E-state index is -0.301. The molecule has 0 aromatic rings. The van der Waals surface area contributed by atoms with Crippen LogP contribution in [0.4, 0.5) is 0 Å². The predicted octanol–water partition coefficient (Wildman–Crippen LogP) is 1.46. The number of morpholine rings is 1. The second kappa shape index (κ2) is 6.68. The Balaban J connectivity index is 2.27. The van der Waals surface area contributed by atoms with E-state index in [0.717, 1.165) is 19.6 Å². The summed E-state index contributed by atoms with van der Waals surface area (Å²) in [6.07, 6.45) is 0. The van der Waals surface area contributed by atoms with Gasteiger partial charge in [-0.2, -0.15) is 0 Å². The number of nitrogens with zero attached hydrogens (tertiary/aromatic N) is 1. The van der Waals surface area contributed by atoms with Crippen LogP contribution in [-0.2, 0) is 19.0 Å². The Morgan fingerprint density at radius 3 is 2.32 bits per heavy atom. The highest BCUT2D eigenvalue weighted by molar-refractivity contribution is 5.70. The van der Waals surface area contributed by atoms with Crippen molar-refractivity contribution in [1.29, 1.82) is 0 Å². The van der Waals surface area contributed by atoms with E-state index in [-0.39, 0.29) is 23.8 Å². The van der Waals surface area contributed by atoms with E-state index in [1.54, 1.807) is 6.92 Å². The first kappa shape index (κ1) is 16.4. The van der Waals surface area contributed by atoms with E-state index in [9.17, 15) is 4.79 Å². The molecule has 0 unspecified atom stereocenters. The summed E-state index contributed by atoms with van der Waals surface area (Å²) in [5.74, 6) is -0.301. The molecule has 1 fully saturated rings. The summed E-state index contributed by atoms with van der Waals surface area (Å²) in [6.45, 7) is 13.7. The molecular weight excluding hydrogens is 246 g/mol. The summed E-state index contributed by atoms with van der Waals surface area (Å²) in [4.78, 5) is 13.4. The Morgan fingerprint density at radius 2 is 1.79 bits per heavy atom. The lowest BCUT2D eigenvalue weighted by Gasteiger charge is -2.47. The molecule has 5 nitrogen and oxygen atoms in total. The predicted molar refractivity (Wildman–Crippen MR) is 73.1 cm³/mol. The maximum Gasteiger partial charge on any atom is 0.332 e. The Kier molecular flexibility index (Phi) is 5.77. The van der Waals surface area contributed by atoms with Gasteiger partial charge in [0.25, 0.3) is 0 Å². The van der Waals surface area contributed by atoms with Crippen molar-refractivity contribution in [2.75, 3.05) is 39.5 Å². The molecule has 0 atom stereocenters. The Labute approximate surface area is 116 Å². The first-order valence-electron chi connectivity index (χ1n) is 6.90. The van der Waals surface area contributed by atoms with Crippen molar-refractivity contribution in [3.05, 3.63) is 0 Å². The van der Waals surface area contributed by atoms with Crippen molar-refractivity contribution < 1.29 is 19.0 Å². The van der Waals surface area contributed by atoms with Gasteiger partial charge in [0.15, 0.2) is 0 Å². The second-order valence-corrected chi connectivity index (χ2v) is 6.19. The maximum absolute atomic E-state index is 11.1. The SMILES string of the molecule is CCOC(=O)COCCN1CC(C)(C)OC(C)(C)C1. The number of esters is 1. The summed E-state index contributed by atoms with van der Waals surface area (Å²) >= 11 is 0. The molecule has 0 amide bonds. The highest BCUT2D eigenvalue weighted by atomic mass is 16.6. The van der Waals surface area contributed by atoms with E-state index in [1.807, 2.05) is 0 Å². The lowest BCUT2D eigenvalue weighted by molar-refractivity contribution is -0.182. The molecule has 1 aliphatic rings. The van der Waals surface area contributed by atoms with E-state index in [4.69, 9.17) is 14.2 Å². The van der Waals surface area contributed by atoms with Crippen LogP contribution in [0.5, 0.6) is 0 Å². The standard InChI is InChI=1S/C14H27NO4/c1-6-18-12(16)9-17-8-7-15-10-13(2,3)19-14(4,5)11-15/h6-11H2,1-5H3. The first-order valence-corrected chi connectivity index (χ1v) is 6.90. The zero-order valence-corrected chi connectivity index (χ0v) is 12.8. The molecule has 0 aliphatic carbocycles. The molecule has 0 radical (unpaired) electrons. The van der Waals surface area contributed by atoms with Crippen LogP contribution in [0, 0.1) is 0 Å². The van der Waals surface area contributed by atoms with Crippen LogP contribution in [0.3, 0.4) is 0 Å². The number of ether oxygens (including phenoxy) is 3. The van der Waals surface area contributed by atoms with E-state index in [2.05, 4.69) is 32.6 Å². The molecule has 5 heteroatoms. The van der Waals surface area contributed by atoms with Gasteiger partial charge in [0.05, 0.1) is 24.4 Å². The van der Waals surface area contributed by atoms with Crippen LogP contribution in [0.1, 0.15) is 34.6 Å². The zero-order chi connectivity index (χ0) is 14.5. The quantitative estimate of drug-likeness (QED) is 0.541. The molecule has 112 valence electrons. The zero-order valence-electron chi connectivity index (χ0n) is 12.8. The van der Waals surface area contributed by atoms with Crippen molar-refractivity contribution in [3.63, 3.8) is 0 Å². The molecule has 19 heavy (non-hydrogen) atoms. The summed E-state index contributed by atoms with van der Waals surface area (Å²) in [5.41, 5.74) is -0.300. The highest BCUT2D eigenvalue weighted by Crippen LogP contribution is 2.27. The van der Waals surface area contributed by atoms with Gasteiger partial charge >= 0.3 is 5.97 Å². The minimum Gasteiger partial charge on any atom is -0.464 e. The lowest BCUT2D eigenvalue weighted by Crippen LogP contribution is -2.57. The van der Waals surface area contributed by atoms with E-state index < -0.39 is 0 Å². The fourth-order valence-electron chi connectivity index (χ4n) is 2.66. The monoisotopic (exact) mass is 273 g/mol. The molecule has 1 rings (SSSR count). The minimum absolute atomic E-state index is 0.0327. The highest BCUT2D eigenvalue weighted by Gasteiger charge is 2.37. The van der Waals surface area contributed by atoms with Crippen molar-refractivity contribution >= 4 is 5.97 Å². The first-order chi connectivity index (χ1) is 8.74. The van der Waals surface area contributed by atoms with Crippen LogP contribution in [-0.4, -0.2) is 61.5 Å². The molecule has 1 heterocycles. The van der Waals surface area contributed by atoms with Crippen LogP contribution < -0.4 is 0 Å². The van der Waals surface area contributed by atoms with Crippen molar-refractivity contribution in [3.8, 4) is 0 Å². The smallest absolute Gasteiger partial charge is 0.332 e. The van der Waals surface area contributed by atoms with Gasteiger partial charge in [-0.3, -0.25) is 4.90 Å². The van der Waals surface area contributed by atoms with Crippen LogP contribution in [0.15, 0.2) is 0 Å². The molecule has 0 spiro atoms. The molecule has 0 bridgehead atoms. The summed E-state index contributed by atoms with van der Waals surface area (Å²) in [7, 11) is 0. The molecular formula is C14H27NO4. The number of hydrogen-bond donors (Lipinski definition) is 0. The van der Waals surface area contributed by atoms with Gasteiger partial charge in [-0.15, -0.1) is 0 Å². The van der Waals surface area contributed by atoms with Gasteiger partial charge in [0.1, 0.15) is 6.61 Å². The summed E-state index contributed by atoms with van der Waals surface area (Å²) < 4.78 is 16.1. The fourth-order valence-corrected chi connectivity index (χ4v) is 2.66. The van der Waals surface area contributed by atoms with E-state index in [0.29, 0.717) is 13.2 Å². The summed E-state index contributed by atoms with van der Waals surface area (Å²) in [5, 5.41) is 0. The number of carbonyl (C=O) groups is 1. The molecule has 0 saturated carbocycles. The van der Waals surface area contributed by atoms with Crippen LogP contribution in [0.25, 0.3) is 0 Å². The Hall–Kier alpha value is -0.650. The average molecular weight is 273 g/mol. The number of rotatable bonds is 6. The van der Waals surface area contributed by atoms with Crippen molar-refractivity contribution in [2.24, 2.45) is 0 Å². The van der Waals surface area contributed by atoms with Crippen molar-refractivity contribution in [2.45, 2.75) is 45.8 Å². The van der Waals surface area contributed by atoms with Gasteiger partial charge in [-0.1, -0.05) is 0 Å². The van der Waals surface area contributed by atoms with Gasteiger partial charge < -0.3 is 14.2 Å². The third-order valence-electron chi connectivity index (χ3n) is 2.84. The Morgan fingerprint density at radius 1 is 1.21 bits per heavy atom. The van der Waals surface area contributed by atoms with Crippen LogP contribution >= 0.6 is 0 Å².